The van der Waals surface area contributed by atoms with Crippen molar-refractivity contribution >= 4 is 29.2 Å². The van der Waals surface area contributed by atoms with Gasteiger partial charge in [0.1, 0.15) is 0 Å². The van der Waals surface area contributed by atoms with Crippen LogP contribution in [-0.2, 0) is 16.1 Å². The number of hydrogen-bond acceptors (Lipinski definition) is 4. The van der Waals surface area contributed by atoms with Gasteiger partial charge in [-0.15, -0.1) is 11.3 Å². The molecule has 1 heterocycles. The van der Waals surface area contributed by atoms with Crippen LogP contribution in [0.3, 0.4) is 0 Å². The third-order valence-electron chi connectivity index (χ3n) is 2.83. The van der Waals surface area contributed by atoms with Crippen molar-refractivity contribution in [1.82, 2.24) is 10.6 Å². The zero-order chi connectivity index (χ0) is 15.3. The van der Waals surface area contributed by atoms with Crippen LogP contribution in [0.4, 0.5) is 4.79 Å². The van der Waals surface area contributed by atoms with Crippen molar-refractivity contribution < 1.29 is 19.5 Å². The molecule has 0 aliphatic heterocycles. The summed E-state index contributed by atoms with van der Waals surface area (Å²) in [5.74, 6) is -1.91. The number of nitrogens with one attached hydrogen (secondary N) is 2. The van der Waals surface area contributed by atoms with Crippen molar-refractivity contribution in [3.63, 3.8) is 0 Å². The molecular formula is C13H16N2O4S. The van der Waals surface area contributed by atoms with Gasteiger partial charge < -0.3 is 10.4 Å². The first kappa shape index (κ1) is 15.9. The Morgan fingerprint density at radius 2 is 1.90 bits per heavy atom. The SMILES string of the molecule is C/C(C(=O)O)=C(/C)C(=O)NC(=O)NCc1sccc1C. The Morgan fingerprint density at radius 1 is 1.25 bits per heavy atom. The molecule has 0 fully saturated rings. The number of thiophene rings is 1. The van der Waals surface area contributed by atoms with Crippen LogP contribution in [-0.4, -0.2) is 23.0 Å². The van der Waals surface area contributed by atoms with E-state index in [1.165, 1.54) is 25.2 Å². The van der Waals surface area contributed by atoms with E-state index in [2.05, 4.69) is 10.6 Å². The number of urea groups is 1. The number of aliphatic carboxylic acids is 1. The molecular weight excluding hydrogens is 280 g/mol. The number of imide groups is 1. The molecule has 0 spiro atoms. The van der Waals surface area contributed by atoms with Crippen LogP contribution >= 0.6 is 11.3 Å². The zero-order valence-corrected chi connectivity index (χ0v) is 12.3. The van der Waals surface area contributed by atoms with E-state index in [0.717, 1.165) is 10.4 Å². The summed E-state index contributed by atoms with van der Waals surface area (Å²) >= 11 is 1.51. The summed E-state index contributed by atoms with van der Waals surface area (Å²) in [5.41, 5.74) is 0.976. The number of rotatable bonds is 4. The van der Waals surface area contributed by atoms with Crippen molar-refractivity contribution in [2.24, 2.45) is 0 Å². The highest BCUT2D eigenvalue weighted by Crippen LogP contribution is 2.14. The summed E-state index contributed by atoms with van der Waals surface area (Å²) in [5, 5.41) is 15.3. The number of carbonyl (C=O) groups excluding carboxylic acids is 2. The third kappa shape index (κ3) is 4.20. The molecule has 0 bridgehead atoms. The predicted octanol–water partition coefficient (Wildman–Crippen LogP) is 1.80. The molecule has 6 nitrogen and oxygen atoms in total. The van der Waals surface area contributed by atoms with E-state index in [1.54, 1.807) is 0 Å². The number of hydrogen-bond donors (Lipinski definition) is 3. The van der Waals surface area contributed by atoms with Crippen LogP contribution in [0.5, 0.6) is 0 Å². The van der Waals surface area contributed by atoms with Crippen LogP contribution in [0.1, 0.15) is 24.3 Å². The minimum atomic E-state index is -1.19. The van der Waals surface area contributed by atoms with Crippen LogP contribution in [0.2, 0.25) is 0 Å². The summed E-state index contributed by atoms with van der Waals surface area (Å²) in [7, 11) is 0. The molecule has 0 saturated heterocycles. The van der Waals surface area contributed by atoms with E-state index in [-0.39, 0.29) is 11.1 Å². The Balaban J connectivity index is 2.55. The normalized spacial score (nSPS) is 11.6. The molecule has 0 radical (unpaired) electrons. The third-order valence-corrected chi connectivity index (χ3v) is 3.85. The molecule has 0 aliphatic rings. The van der Waals surface area contributed by atoms with Gasteiger partial charge in [0.05, 0.1) is 6.54 Å². The molecule has 1 aromatic heterocycles. The Morgan fingerprint density at radius 3 is 2.40 bits per heavy atom. The molecule has 108 valence electrons. The average molecular weight is 296 g/mol. The van der Waals surface area contributed by atoms with Gasteiger partial charge in [-0.1, -0.05) is 0 Å². The van der Waals surface area contributed by atoms with Gasteiger partial charge >= 0.3 is 12.0 Å². The first-order valence-corrected chi connectivity index (χ1v) is 6.73. The molecule has 0 saturated carbocycles. The lowest BCUT2D eigenvalue weighted by Gasteiger charge is -2.07. The summed E-state index contributed by atoms with van der Waals surface area (Å²) in [6.07, 6.45) is 0. The van der Waals surface area contributed by atoms with Gasteiger partial charge in [0.25, 0.3) is 5.91 Å². The lowest BCUT2D eigenvalue weighted by Crippen LogP contribution is -2.39. The van der Waals surface area contributed by atoms with E-state index in [0.29, 0.717) is 6.54 Å². The predicted molar refractivity (Wildman–Crippen MR) is 75.4 cm³/mol. The monoisotopic (exact) mass is 296 g/mol. The average Bonchev–Trinajstić information content (AvgIpc) is 2.79. The van der Waals surface area contributed by atoms with E-state index in [9.17, 15) is 14.4 Å². The van der Waals surface area contributed by atoms with Crippen molar-refractivity contribution in [2.75, 3.05) is 0 Å². The first-order chi connectivity index (χ1) is 9.32. The molecule has 3 amide bonds. The Bertz CT molecular complexity index is 575. The summed E-state index contributed by atoms with van der Waals surface area (Å²) < 4.78 is 0. The summed E-state index contributed by atoms with van der Waals surface area (Å²) in [6, 6.07) is 1.29. The lowest BCUT2D eigenvalue weighted by atomic mass is 10.1. The number of carboxylic acid groups (broad SMARTS) is 1. The smallest absolute Gasteiger partial charge is 0.331 e. The summed E-state index contributed by atoms with van der Waals surface area (Å²) in [4.78, 5) is 34.9. The van der Waals surface area contributed by atoms with Crippen molar-refractivity contribution in [3.8, 4) is 0 Å². The fourth-order valence-corrected chi connectivity index (χ4v) is 2.16. The second-order valence-corrected chi connectivity index (χ2v) is 5.22. The zero-order valence-electron chi connectivity index (χ0n) is 11.4. The van der Waals surface area contributed by atoms with E-state index < -0.39 is 17.9 Å². The number of carbonyl (C=O) groups is 3. The fourth-order valence-electron chi connectivity index (χ4n) is 1.32. The van der Waals surface area contributed by atoms with Gasteiger partial charge in [-0.05, 0) is 37.8 Å². The van der Waals surface area contributed by atoms with Gasteiger partial charge in [-0.2, -0.15) is 0 Å². The van der Waals surface area contributed by atoms with E-state index in [4.69, 9.17) is 5.11 Å². The molecule has 1 aromatic rings. The van der Waals surface area contributed by atoms with Crippen LogP contribution in [0.15, 0.2) is 22.6 Å². The second-order valence-electron chi connectivity index (χ2n) is 4.22. The Hall–Kier alpha value is -2.15. The quantitative estimate of drug-likeness (QED) is 0.738. The van der Waals surface area contributed by atoms with Crippen molar-refractivity contribution in [1.29, 1.82) is 0 Å². The Labute approximate surface area is 120 Å². The van der Waals surface area contributed by atoms with Gasteiger partial charge in [-0.25, -0.2) is 9.59 Å². The molecule has 7 heteroatoms. The topological polar surface area (TPSA) is 95.5 Å². The van der Waals surface area contributed by atoms with Crippen LogP contribution in [0.25, 0.3) is 0 Å². The number of carboxylic acids is 1. The maximum absolute atomic E-state index is 11.6. The second kappa shape index (κ2) is 6.85. The fraction of sp³-hybridized carbons (Fsp3) is 0.308. The van der Waals surface area contributed by atoms with Crippen molar-refractivity contribution in [2.45, 2.75) is 27.3 Å². The number of amides is 3. The van der Waals surface area contributed by atoms with Gasteiger partial charge in [0, 0.05) is 16.0 Å². The highest BCUT2D eigenvalue weighted by atomic mass is 32.1. The standard InChI is InChI=1S/C13H16N2O4S/c1-7-4-5-20-10(7)6-14-13(19)15-11(16)8(2)9(3)12(17)18/h4-5H,6H2,1-3H3,(H,17,18)(H2,14,15,16,19)/b9-8+. The molecule has 0 aromatic carbocycles. The molecule has 0 unspecified atom stereocenters. The van der Waals surface area contributed by atoms with E-state index >= 15 is 0 Å². The van der Waals surface area contributed by atoms with Gasteiger partial charge in [0.2, 0.25) is 0 Å². The van der Waals surface area contributed by atoms with Gasteiger partial charge in [0.15, 0.2) is 0 Å². The lowest BCUT2D eigenvalue weighted by molar-refractivity contribution is -0.133. The minimum absolute atomic E-state index is 0.0000424. The maximum Gasteiger partial charge on any atom is 0.331 e. The highest BCUT2D eigenvalue weighted by Gasteiger charge is 2.15. The van der Waals surface area contributed by atoms with E-state index in [1.807, 2.05) is 18.4 Å². The minimum Gasteiger partial charge on any atom is -0.478 e. The largest absolute Gasteiger partial charge is 0.478 e. The van der Waals surface area contributed by atoms with Crippen molar-refractivity contribution in [3.05, 3.63) is 33.0 Å². The molecule has 0 atom stereocenters. The highest BCUT2D eigenvalue weighted by molar-refractivity contribution is 7.10. The Kier molecular flexibility index (Phi) is 5.45. The maximum atomic E-state index is 11.6. The summed E-state index contributed by atoms with van der Waals surface area (Å²) in [6.45, 7) is 4.92. The molecule has 20 heavy (non-hydrogen) atoms. The van der Waals surface area contributed by atoms with Gasteiger partial charge in [-0.3, -0.25) is 10.1 Å². The molecule has 0 aliphatic carbocycles. The molecule has 3 N–H and O–H groups in total. The van der Waals surface area contributed by atoms with Crippen LogP contribution in [0, 0.1) is 6.92 Å². The molecule has 1 rings (SSSR count). The van der Waals surface area contributed by atoms with Crippen LogP contribution < -0.4 is 10.6 Å². The first-order valence-electron chi connectivity index (χ1n) is 5.85. The number of aryl methyl sites for hydroxylation is 1.